The number of aromatic nitrogens is 1. The lowest BCUT2D eigenvalue weighted by atomic mass is 10.0. The van der Waals surface area contributed by atoms with E-state index < -0.39 is 24.1 Å². The van der Waals surface area contributed by atoms with Crippen molar-refractivity contribution in [3.8, 4) is 0 Å². The number of nitrogens with zero attached hydrogens (tertiary/aromatic N) is 3. The molecule has 1 aliphatic heterocycles. The van der Waals surface area contributed by atoms with Crippen LogP contribution in [0.25, 0.3) is 0 Å². The minimum Gasteiger partial charge on any atom is -0.444 e. The normalized spacial score (nSPS) is 16.4. The van der Waals surface area contributed by atoms with Gasteiger partial charge in [0.15, 0.2) is 0 Å². The number of amides is 1. The smallest absolute Gasteiger partial charge is 0.433 e. The molecule has 1 aliphatic rings. The molecule has 1 fully saturated rings. The van der Waals surface area contributed by atoms with Crippen LogP contribution >= 0.6 is 0 Å². The summed E-state index contributed by atoms with van der Waals surface area (Å²) in [5.41, 5.74) is -1.44. The Morgan fingerprint density at radius 2 is 1.89 bits per heavy atom. The van der Waals surface area contributed by atoms with E-state index >= 15 is 0 Å². The largest absolute Gasteiger partial charge is 0.444 e. The Morgan fingerprint density at radius 1 is 1.30 bits per heavy atom. The Morgan fingerprint density at radius 3 is 2.37 bits per heavy atom. The Bertz CT molecular complexity index is 666. The van der Waals surface area contributed by atoms with Crippen molar-refractivity contribution in [3.63, 3.8) is 0 Å². The van der Waals surface area contributed by atoms with Gasteiger partial charge < -0.3 is 19.6 Å². The van der Waals surface area contributed by atoms with E-state index in [9.17, 15) is 23.1 Å². The molecule has 1 saturated heterocycles. The molecule has 1 amide bonds. The molecule has 9 heteroatoms. The topological polar surface area (TPSA) is 65.9 Å². The molecule has 0 unspecified atom stereocenters. The van der Waals surface area contributed by atoms with E-state index in [1.807, 2.05) is 0 Å². The summed E-state index contributed by atoms with van der Waals surface area (Å²) in [7, 11) is 1.68. The Labute approximate surface area is 156 Å². The van der Waals surface area contributed by atoms with Crippen molar-refractivity contribution >= 4 is 11.9 Å². The lowest BCUT2D eigenvalue weighted by Crippen LogP contribution is -2.47. The fourth-order valence-corrected chi connectivity index (χ4v) is 2.94. The van der Waals surface area contributed by atoms with Crippen LogP contribution in [0.15, 0.2) is 12.1 Å². The number of aliphatic hydroxyl groups excluding tert-OH is 1. The SMILES string of the molecule is CN(c1cc(CO)cc(C(F)(F)F)n1)C1CCN(C(=O)OC(C)(C)C)CC1. The lowest BCUT2D eigenvalue weighted by molar-refractivity contribution is -0.141. The first-order valence-corrected chi connectivity index (χ1v) is 8.80. The van der Waals surface area contributed by atoms with Crippen LogP contribution in [0, 0.1) is 0 Å². The number of hydrogen-bond donors (Lipinski definition) is 1. The second-order valence-corrected chi connectivity index (χ2v) is 7.68. The van der Waals surface area contributed by atoms with E-state index in [0.29, 0.717) is 25.9 Å². The summed E-state index contributed by atoms with van der Waals surface area (Å²) in [5, 5.41) is 9.26. The maximum atomic E-state index is 13.0. The van der Waals surface area contributed by atoms with Crippen molar-refractivity contribution in [3.05, 3.63) is 23.4 Å². The van der Waals surface area contributed by atoms with Gasteiger partial charge in [0, 0.05) is 26.2 Å². The van der Waals surface area contributed by atoms with Crippen LogP contribution in [-0.2, 0) is 17.5 Å². The predicted molar refractivity (Wildman–Crippen MR) is 94.4 cm³/mol. The summed E-state index contributed by atoms with van der Waals surface area (Å²) in [6, 6.07) is 2.24. The summed E-state index contributed by atoms with van der Waals surface area (Å²) >= 11 is 0. The number of carbonyl (C=O) groups is 1. The first-order valence-electron chi connectivity index (χ1n) is 8.80. The molecule has 1 aromatic rings. The Kier molecular flexibility index (Phi) is 6.24. The first-order chi connectivity index (χ1) is 12.4. The third-order valence-corrected chi connectivity index (χ3v) is 4.37. The third-order valence-electron chi connectivity index (χ3n) is 4.37. The van der Waals surface area contributed by atoms with Gasteiger partial charge in [-0.25, -0.2) is 9.78 Å². The first kappa shape index (κ1) is 21.3. The maximum Gasteiger partial charge on any atom is 0.433 e. The van der Waals surface area contributed by atoms with Crippen LogP contribution in [0.1, 0.15) is 44.9 Å². The van der Waals surface area contributed by atoms with Crippen LogP contribution in [0.2, 0.25) is 0 Å². The van der Waals surface area contributed by atoms with Gasteiger partial charge in [0.2, 0.25) is 0 Å². The highest BCUT2D eigenvalue weighted by Gasteiger charge is 2.34. The molecule has 2 rings (SSSR count). The molecule has 0 aliphatic carbocycles. The molecule has 0 saturated carbocycles. The molecule has 1 N–H and O–H groups in total. The van der Waals surface area contributed by atoms with Crippen LogP contribution in [0.3, 0.4) is 0 Å². The van der Waals surface area contributed by atoms with Gasteiger partial charge in [-0.05, 0) is 51.3 Å². The summed E-state index contributed by atoms with van der Waals surface area (Å²) in [6.07, 6.45) is -3.80. The summed E-state index contributed by atoms with van der Waals surface area (Å²) in [6.45, 7) is 5.80. The number of likely N-dealkylation sites (tertiary alicyclic amines) is 1. The number of pyridine rings is 1. The molecule has 0 spiro atoms. The monoisotopic (exact) mass is 389 g/mol. The third kappa shape index (κ3) is 5.72. The fourth-order valence-electron chi connectivity index (χ4n) is 2.94. The number of anilines is 1. The second kappa shape index (κ2) is 7.92. The summed E-state index contributed by atoms with van der Waals surface area (Å²) in [5.74, 6) is 0.157. The highest BCUT2D eigenvalue weighted by molar-refractivity contribution is 5.68. The number of halogens is 3. The van der Waals surface area contributed by atoms with Crippen LogP contribution in [-0.4, -0.2) is 52.9 Å². The molecule has 1 aromatic heterocycles. The maximum absolute atomic E-state index is 13.0. The number of ether oxygens (including phenoxy) is 1. The number of carbonyl (C=O) groups excluding carboxylic acids is 1. The quantitative estimate of drug-likeness (QED) is 0.858. The highest BCUT2D eigenvalue weighted by Crippen LogP contribution is 2.31. The van der Waals surface area contributed by atoms with Crippen LogP contribution in [0.4, 0.5) is 23.8 Å². The molecule has 2 heterocycles. The standard InChI is InChI=1S/C18H26F3N3O3/c1-17(2,3)27-16(26)24-7-5-13(6-8-24)23(4)15-10-12(11-25)9-14(22-15)18(19,20)21/h9-10,13,25H,5-8,11H2,1-4H3. The van der Waals surface area contributed by atoms with E-state index in [-0.39, 0.29) is 23.5 Å². The van der Waals surface area contributed by atoms with Gasteiger partial charge >= 0.3 is 12.3 Å². The Balaban J connectivity index is 2.07. The van der Waals surface area contributed by atoms with Gasteiger partial charge in [-0.1, -0.05) is 0 Å². The molecule has 0 atom stereocenters. The highest BCUT2D eigenvalue weighted by atomic mass is 19.4. The zero-order valence-electron chi connectivity index (χ0n) is 16.0. The molecule has 152 valence electrons. The Hall–Kier alpha value is -2.03. The van der Waals surface area contributed by atoms with Gasteiger partial charge in [0.1, 0.15) is 17.1 Å². The lowest BCUT2D eigenvalue weighted by Gasteiger charge is -2.38. The zero-order valence-corrected chi connectivity index (χ0v) is 16.0. The zero-order chi connectivity index (χ0) is 20.4. The molecular formula is C18H26F3N3O3. The second-order valence-electron chi connectivity index (χ2n) is 7.68. The predicted octanol–water partition coefficient (Wildman–Crippen LogP) is 3.43. The number of aliphatic hydroxyl groups is 1. The number of piperidine rings is 1. The van der Waals surface area contributed by atoms with Gasteiger partial charge in [0.25, 0.3) is 0 Å². The number of rotatable bonds is 3. The van der Waals surface area contributed by atoms with Gasteiger partial charge in [0.05, 0.1) is 6.61 Å². The van der Waals surface area contributed by atoms with Crippen molar-refractivity contribution in [2.24, 2.45) is 0 Å². The van der Waals surface area contributed by atoms with Crippen LogP contribution in [0.5, 0.6) is 0 Å². The van der Waals surface area contributed by atoms with Gasteiger partial charge in [-0.3, -0.25) is 0 Å². The van der Waals surface area contributed by atoms with Crippen molar-refractivity contribution in [2.45, 2.75) is 58.0 Å². The molecule has 6 nitrogen and oxygen atoms in total. The molecule has 0 radical (unpaired) electrons. The molecular weight excluding hydrogens is 363 g/mol. The minimum atomic E-state index is -4.58. The molecule has 0 bridgehead atoms. The average molecular weight is 389 g/mol. The van der Waals surface area contributed by atoms with Gasteiger partial charge in [-0.2, -0.15) is 13.2 Å². The average Bonchev–Trinajstić information content (AvgIpc) is 2.58. The molecule has 0 aromatic carbocycles. The minimum absolute atomic E-state index is 0.0637. The number of alkyl halides is 3. The van der Waals surface area contributed by atoms with E-state index in [4.69, 9.17) is 4.74 Å². The van der Waals surface area contributed by atoms with Crippen molar-refractivity contribution in [1.82, 2.24) is 9.88 Å². The fraction of sp³-hybridized carbons (Fsp3) is 0.667. The number of hydrogen-bond acceptors (Lipinski definition) is 5. The summed E-state index contributed by atoms with van der Waals surface area (Å²) in [4.78, 5) is 19.1. The summed E-state index contributed by atoms with van der Waals surface area (Å²) < 4.78 is 44.5. The van der Waals surface area contributed by atoms with Gasteiger partial charge in [-0.15, -0.1) is 0 Å². The molecule has 27 heavy (non-hydrogen) atoms. The van der Waals surface area contributed by atoms with Crippen LogP contribution < -0.4 is 4.90 Å². The van der Waals surface area contributed by atoms with E-state index in [2.05, 4.69) is 4.98 Å². The van der Waals surface area contributed by atoms with E-state index in [0.717, 1.165) is 6.07 Å². The van der Waals surface area contributed by atoms with E-state index in [1.54, 1.807) is 37.6 Å². The van der Waals surface area contributed by atoms with Crippen molar-refractivity contribution in [1.29, 1.82) is 0 Å². The van der Waals surface area contributed by atoms with Crippen molar-refractivity contribution < 1.29 is 27.8 Å². The van der Waals surface area contributed by atoms with E-state index in [1.165, 1.54) is 6.07 Å². The van der Waals surface area contributed by atoms with Crippen molar-refractivity contribution in [2.75, 3.05) is 25.0 Å².